The lowest BCUT2D eigenvalue weighted by Crippen LogP contribution is -2.04. The fraction of sp³-hybridized carbons (Fsp3) is 0.182. The summed E-state index contributed by atoms with van der Waals surface area (Å²) in [6, 6.07) is 18.9. The maximum absolute atomic E-state index is 6.50. The molecule has 28 heavy (non-hydrogen) atoms. The van der Waals surface area contributed by atoms with Crippen LogP contribution in [0.5, 0.6) is 11.5 Å². The molecule has 146 valence electrons. The highest BCUT2D eigenvalue weighted by molar-refractivity contribution is 6.33. The van der Waals surface area contributed by atoms with Crippen LogP contribution < -0.4 is 14.8 Å². The van der Waals surface area contributed by atoms with E-state index in [1.54, 1.807) is 0 Å². The standard InChI is InChI=1S/C22H20Cl3NO2/c1-2-27-21-12-16(13-26-20-9-4-3-8-18(20)24)11-19(25)22(21)28-14-15-6-5-7-17(23)10-15/h3-12,26H,2,13-14H2,1H3. The topological polar surface area (TPSA) is 30.5 Å². The van der Waals surface area contributed by atoms with Gasteiger partial charge in [0.25, 0.3) is 0 Å². The molecule has 3 aromatic rings. The molecule has 3 aromatic carbocycles. The highest BCUT2D eigenvalue weighted by atomic mass is 35.5. The molecule has 0 saturated carbocycles. The summed E-state index contributed by atoms with van der Waals surface area (Å²) in [5.41, 5.74) is 2.78. The summed E-state index contributed by atoms with van der Waals surface area (Å²) >= 11 is 18.7. The zero-order valence-corrected chi connectivity index (χ0v) is 17.6. The molecule has 0 unspecified atom stereocenters. The molecule has 0 aliphatic heterocycles. The van der Waals surface area contributed by atoms with Crippen molar-refractivity contribution in [1.29, 1.82) is 0 Å². The molecule has 0 aliphatic carbocycles. The van der Waals surface area contributed by atoms with Crippen LogP contribution in [-0.2, 0) is 13.2 Å². The Balaban J connectivity index is 1.76. The van der Waals surface area contributed by atoms with Gasteiger partial charge in [0.05, 0.1) is 22.3 Å². The van der Waals surface area contributed by atoms with Gasteiger partial charge in [-0.3, -0.25) is 0 Å². The molecule has 0 atom stereocenters. The molecule has 0 fully saturated rings. The van der Waals surface area contributed by atoms with Gasteiger partial charge in [-0.25, -0.2) is 0 Å². The van der Waals surface area contributed by atoms with Gasteiger partial charge < -0.3 is 14.8 Å². The molecule has 1 N–H and O–H groups in total. The summed E-state index contributed by atoms with van der Waals surface area (Å²) in [7, 11) is 0. The third-order valence-corrected chi connectivity index (χ3v) is 4.84. The van der Waals surface area contributed by atoms with Crippen molar-refractivity contribution in [3.05, 3.63) is 86.9 Å². The minimum atomic E-state index is 0.345. The third kappa shape index (κ3) is 5.48. The Morgan fingerprint density at radius 1 is 0.821 bits per heavy atom. The largest absolute Gasteiger partial charge is 0.490 e. The maximum atomic E-state index is 6.50. The Morgan fingerprint density at radius 2 is 1.64 bits per heavy atom. The van der Waals surface area contributed by atoms with E-state index in [1.165, 1.54) is 0 Å². The van der Waals surface area contributed by atoms with Crippen LogP contribution >= 0.6 is 34.8 Å². The van der Waals surface area contributed by atoms with E-state index in [1.807, 2.05) is 67.6 Å². The smallest absolute Gasteiger partial charge is 0.180 e. The van der Waals surface area contributed by atoms with Crippen molar-refractivity contribution in [2.75, 3.05) is 11.9 Å². The van der Waals surface area contributed by atoms with Crippen LogP contribution in [0.1, 0.15) is 18.1 Å². The second kappa shape index (κ2) is 9.92. The molecule has 3 rings (SSSR count). The predicted molar refractivity (Wildman–Crippen MR) is 117 cm³/mol. The number of halogens is 3. The van der Waals surface area contributed by atoms with E-state index >= 15 is 0 Å². The number of nitrogens with one attached hydrogen (secondary N) is 1. The van der Waals surface area contributed by atoms with Crippen molar-refractivity contribution in [3.63, 3.8) is 0 Å². The fourth-order valence-electron chi connectivity index (χ4n) is 2.71. The molecule has 0 amide bonds. The highest BCUT2D eigenvalue weighted by Crippen LogP contribution is 2.37. The number of rotatable bonds is 8. The number of benzene rings is 3. The second-order valence-electron chi connectivity index (χ2n) is 6.09. The lowest BCUT2D eigenvalue weighted by atomic mass is 10.2. The first kappa shape index (κ1) is 20.7. The highest BCUT2D eigenvalue weighted by Gasteiger charge is 2.13. The van der Waals surface area contributed by atoms with E-state index in [-0.39, 0.29) is 0 Å². The molecule has 0 aromatic heterocycles. The number of anilines is 1. The van der Waals surface area contributed by atoms with E-state index in [9.17, 15) is 0 Å². The van der Waals surface area contributed by atoms with E-state index in [2.05, 4.69) is 5.32 Å². The minimum Gasteiger partial charge on any atom is -0.490 e. The van der Waals surface area contributed by atoms with Gasteiger partial charge >= 0.3 is 0 Å². The van der Waals surface area contributed by atoms with Crippen LogP contribution in [0.25, 0.3) is 0 Å². The van der Waals surface area contributed by atoms with Crippen LogP contribution in [0.2, 0.25) is 15.1 Å². The average Bonchev–Trinajstić information content (AvgIpc) is 2.67. The van der Waals surface area contributed by atoms with E-state index < -0.39 is 0 Å². The van der Waals surface area contributed by atoms with E-state index in [0.29, 0.717) is 46.3 Å². The molecule has 0 aliphatic rings. The quantitative estimate of drug-likeness (QED) is 0.404. The lowest BCUT2D eigenvalue weighted by Gasteiger charge is -2.16. The van der Waals surface area contributed by atoms with Gasteiger partial charge in [0.1, 0.15) is 6.61 Å². The van der Waals surface area contributed by atoms with Gasteiger partial charge in [0.2, 0.25) is 0 Å². The fourth-order valence-corrected chi connectivity index (χ4v) is 3.41. The second-order valence-corrected chi connectivity index (χ2v) is 7.34. The Hall–Kier alpha value is -2.07. The first-order valence-corrected chi connectivity index (χ1v) is 10.0. The molecule has 0 radical (unpaired) electrons. The van der Waals surface area contributed by atoms with E-state index in [4.69, 9.17) is 44.3 Å². The van der Waals surface area contributed by atoms with Crippen molar-refractivity contribution >= 4 is 40.5 Å². The summed E-state index contributed by atoms with van der Waals surface area (Å²) in [6.45, 7) is 3.32. The summed E-state index contributed by atoms with van der Waals surface area (Å²) in [5.74, 6) is 1.12. The van der Waals surface area contributed by atoms with Crippen molar-refractivity contribution in [1.82, 2.24) is 0 Å². The van der Waals surface area contributed by atoms with Gasteiger partial charge in [0, 0.05) is 11.6 Å². The zero-order valence-electron chi connectivity index (χ0n) is 15.3. The molecule has 0 bridgehead atoms. The number of ether oxygens (including phenoxy) is 2. The zero-order chi connectivity index (χ0) is 19.9. The van der Waals surface area contributed by atoms with E-state index in [0.717, 1.165) is 16.8 Å². The molecule has 6 heteroatoms. The maximum Gasteiger partial charge on any atom is 0.180 e. The minimum absolute atomic E-state index is 0.345. The first-order valence-electron chi connectivity index (χ1n) is 8.87. The Bertz CT molecular complexity index is 947. The average molecular weight is 437 g/mol. The molecule has 0 heterocycles. The van der Waals surface area contributed by atoms with Crippen molar-refractivity contribution in [2.45, 2.75) is 20.1 Å². The van der Waals surface area contributed by atoms with Gasteiger partial charge in [-0.2, -0.15) is 0 Å². The van der Waals surface area contributed by atoms with Gasteiger partial charge in [-0.1, -0.05) is 59.1 Å². The third-order valence-electron chi connectivity index (χ3n) is 4.00. The van der Waals surface area contributed by atoms with Crippen molar-refractivity contribution < 1.29 is 9.47 Å². The number of hydrogen-bond acceptors (Lipinski definition) is 3. The predicted octanol–water partition coefficient (Wildman–Crippen LogP) is 7.24. The van der Waals surface area contributed by atoms with Gasteiger partial charge in [-0.15, -0.1) is 0 Å². The van der Waals surface area contributed by atoms with Crippen molar-refractivity contribution in [3.8, 4) is 11.5 Å². The Morgan fingerprint density at radius 3 is 2.39 bits per heavy atom. The van der Waals surface area contributed by atoms with Crippen LogP contribution in [0.4, 0.5) is 5.69 Å². The number of para-hydroxylation sites is 1. The molecule has 3 nitrogen and oxygen atoms in total. The van der Waals surface area contributed by atoms with Crippen LogP contribution in [0.15, 0.2) is 60.7 Å². The summed E-state index contributed by atoms with van der Waals surface area (Å²) in [5, 5.41) is 5.13. The Kier molecular flexibility index (Phi) is 7.32. The van der Waals surface area contributed by atoms with Crippen LogP contribution in [0, 0.1) is 0 Å². The summed E-state index contributed by atoms with van der Waals surface area (Å²) in [4.78, 5) is 0. The Labute approximate surface area is 180 Å². The van der Waals surface area contributed by atoms with Crippen LogP contribution in [0.3, 0.4) is 0 Å². The molecule has 0 saturated heterocycles. The molecular weight excluding hydrogens is 417 g/mol. The first-order chi connectivity index (χ1) is 13.6. The summed E-state index contributed by atoms with van der Waals surface area (Å²) < 4.78 is 11.7. The van der Waals surface area contributed by atoms with Crippen molar-refractivity contribution in [2.24, 2.45) is 0 Å². The summed E-state index contributed by atoms with van der Waals surface area (Å²) in [6.07, 6.45) is 0. The van der Waals surface area contributed by atoms with Gasteiger partial charge in [0.15, 0.2) is 11.5 Å². The monoisotopic (exact) mass is 435 g/mol. The molecular formula is C22H20Cl3NO2. The molecule has 0 spiro atoms. The normalized spacial score (nSPS) is 10.6. The van der Waals surface area contributed by atoms with Gasteiger partial charge in [-0.05, 0) is 54.4 Å². The SMILES string of the molecule is CCOc1cc(CNc2ccccc2Cl)cc(Cl)c1OCc1cccc(Cl)c1. The van der Waals surface area contributed by atoms with Crippen LogP contribution in [-0.4, -0.2) is 6.61 Å². The number of hydrogen-bond donors (Lipinski definition) is 1. The lowest BCUT2D eigenvalue weighted by molar-refractivity contribution is 0.269.